The number of benzene rings is 1. The van der Waals surface area contributed by atoms with Crippen LogP contribution in [-0.4, -0.2) is 22.5 Å². The van der Waals surface area contributed by atoms with Crippen LogP contribution in [0.4, 0.5) is 0 Å². The van der Waals surface area contributed by atoms with Crippen LogP contribution < -0.4 is 0 Å². The van der Waals surface area contributed by atoms with Crippen molar-refractivity contribution in [2.24, 2.45) is 0 Å². The van der Waals surface area contributed by atoms with Gasteiger partial charge in [0.15, 0.2) is 6.10 Å². The average molecular weight is 275 g/mol. The molecule has 3 nitrogen and oxygen atoms in total. The third-order valence-electron chi connectivity index (χ3n) is 2.65. The molecule has 1 fully saturated rings. The zero-order chi connectivity index (χ0) is 12.5. The third-order valence-corrected chi connectivity index (χ3v) is 3.38. The first-order chi connectivity index (χ1) is 8.01. The maximum Gasteiger partial charge on any atom is 0.347 e. The Kier molecular flexibility index (Phi) is 3.61. The van der Waals surface area contributed by atoms with Gasteiger partial charge in [0.1, 0.15) is 0 Å². The van der Waals surface area contributed by atoms with Gasteiger partial charge in [-0.25, -0.2) is 4.79 Å². The largest absolute Gasteiger partial charge is 0.453 e. The van der Waals surface area contributed by atoms with Crippen LogP contribution in [0, 0.1) is 0 Å². The molecular weight excluding hydrogens is 263 g/mol. The fraction of sp³-hybridized carbons (Fsp3) is 0.417. The molecule has 2 atom stereocenters. The van der Waals surface area contributed by atoms with Crippen molar-refractivity contribution in [1.29, 1.82) is 0 Å². The molecule has 0 radical (unpaired) electrons. The van der Waals surface area contributed by atoms with Gasteiger partial charge in [-0.2, -0.15) is 0 Å². The second kappa shape index (κ2) is 4.84. The smallest absolute Gasteiger partial charge is 0.347 e. The molecule has 5 heteroatoms. The zero-order valence-electron chi connectivity index (χ0n) is 9.23. The Balaban J connectivity index is 1.87. The number of esters is 1. The first kappa shape index (κ1) is 12.7. The lowest BCUT2D eigenvalue weighted by atomic mass is 10.1. The normalized spacial score (nSPS) is 23.7. The number of carbonyl (C=O) groups is 1. The van der Waals surface area contributed by atoms with Crippen LogP contribution in [0.25, 0.3) is 0 Å². The van der Waals surface area contributed by atoms with E-state index in [2.05, 4.69) is 0 Å². The number of hydrogen-bond donors (Lipinski definition) is 0. The highest BCUT2D eigenvalue weighted by Gasteiger charge is 2.58. The fourth-order valence-corrected chi connectivity index (χ4v) is 2.14. The minimum absolute atomic E-state index is 0.345. The monoisotopic (exact) mass is 274 g/mol. The summed E-state index contributed by atoms with van der Waals surface area (Å²) in [6.07, 6.45) is -0.954. The van der Waals surface area contributed by atoms with Crippen molar-refractivity contribution in [3.05, 3.63) is 35.9 Å². The Morgan fingerprint density at radius 2 is 2.06 bits per heavy atom. The van der Waals surface area contributed by atoms with Gasteiger partial charge in [-0.1, -0.05) is 53.5 Å². The van der Waals surface area contributed by atoms with E-state index < -0.39 is 16.4 Å². The van der Waals surface area contributed by atoms with Gasteiger partial charge in [0, 0.05) is 0 Å². The molecule has 0 amide bonds. The van der Waals surface area contributed by atoms with Crippen molar-refractivity contribution < 1.29 is 14.3 Å². The molecule has 1 saturated heterocycles. The van der Waals surface area contributed by atoms with Crippen LogP contribution in [0.1, 0.15) is 12.5 Å². The number of ether oxygens (including phenoxy) is 2. The number of rotatable bonds is 4. The van der Waals surface area contributed by atoms with E-state index in [9.17, 15) is 4.79 Å². The zero-order valence-corrected chi connectivity index (χ0v) is 10.7. The van der Waals surface area contributed by atoms with Crippen molar-refractivity contribution in [2.75, 3.05) is 0 Å². The molecule has 2 rings (SSSR count). The van der Waals surface area contributed by atoms with Gasteiger partial charge in [-0.05, 0) is 12.5 Å². The predicted octanol–water partition coefficient (Wildman–Crippen LogP) is 2.69. The van der Waals surface area contributed by atoms with Gasteiger partial charge in [0.2, 0.25) is 0 Å². The Labute approximate surface area is 110 Å². The molecule has 0 unspecified atom stereocenters. The van der Waals surface area contributed by atoms with Crippen molar-refractivity contribution in [2.45, 2.75) is 30.1 Å². The van der Waals surface area contributed by atoms with Gasteiger partial charge >= 0.3 is 5.97 Å². The first-order valence-electron chi connectivity index (χ1n) is 5.26. The maximum atomic E-state index is 11.0. The van der Waals surface area contributed by atoms with Crippen LogP contribution in [0.2, 0.25) is 0 Å². The molecule has 92 valence electrons. The summed E-state index contributed by atoms with van der Waals surface area (Å²) < 4.78 is 8.97. The van der Waals surface area contributed by atoms with Crippen molar-refractivity contribution >= 4 is 29.2 Å². The molecule has 0 aromatic heterocycles. The van der Waals surface area contributed by atoms with E-state index in [0.717, 1.165) is 5.56 Å². The number of halogens is 2. The van der Waals surface area contributed by atoms with Crippen molar-refractivity contribution in [1.82, 2.24) is 0 Å². The van der Waals surface area contributed by atoms with Gasteiger partial charge in [0.25, 0.3) is 4.33 Å². The SMILES string of the molecule is C[C@H](OCc1ccccc1)[C@H]1OC(=O)C1(Cl)Cl. The second-order valence-electron chi connectivity index (χ2n) is 3.95. The molecule has 17 heavy (non-hydrogen) atoms. The number of carbonyl (C=O) groups excluding carboxylic acids is 1. The van der Waals surface area contributed by atoms with Crippen LogP contribution in [-0.2, 0) is 20.9 Å². The summed E-state index contributed by atoms with van der Waals surface area (Å²) in [5, 5.41) is 0. The summed E-state index contributed by atoms with van der Waals surface area (Å²) in [4.78, 5) is 11.0. The van der Waals surface area contributed by atoms with Gasteiger partial charge < -0.3 is 9.47 Å². The van der Waals surface area contributed by atoms with E-state index in [1.807, 2.05) is 30.3 Å². The van der Waals surface area contributed by atoms with Gasteiger partial charge in [-0.15, -0.1) is 0 Å². The molecule has 0 N–H and O–H groups in total. The Morgan fingerprint density at radius 1 is 1.41 bits per heavy atom. The molecule has 0 saturated carbocycles. The predicted molar refractivity (Wildman–Crippen MR) is 65.0 cm³/mol. The molecule has 1 aliphatic rings. The van der Waals surface area contributed by atoms with E-state index in [1.54, 1.807) is 6.92 Å². The molecule has 1 aliphatic heterocycles. The third kappa shape index (κ3) is 2.57. The van der Waals surface area contributed by atoms with E-state index in [0.29, 0.717) is 6.61 Å². The number of cyclic esters (lactones) is 1. The van der Waals surface area contributed by atoms with Crippen molar-refractivity contribution in [3.8, 4) is 0 Å². The van der Waals surface area contributed by atoms with E-state index in [1.165, 1.54) is 0 Å². The molecule has 0 spiro atoms. The summed E-state index contributed by atoms with van der Waals surface area (Å²) in [6, 6.07) is 9.70. The molecular formula is C12H12Cl2O3. The summed E-state index contributed by atoms with van der Waals surface area (Å²) in [5.41, 5.74) is 1.04. The Hall–Kier alpha value is -0.770. The molecule has 0 aliphatic carbocycles. The van der Waals surface area contributed by atoms with Crippen LogP contribution in [0.5, 0.6) is 0 Å². The fourth-order valence-electron chi connectivity index (χ4n) is 1.61. The van der Waals surface area contributed by atoms with E-state index in [4.69, 9.17) is 32.7 Å². The molecule has 0 bridgehead atoms. The van der Waals surface area contributed by atoms with E-state index >= 15 is 0 Å². The van der Waals surface area contributed by atoms with Crippen LogP contribution in [0.3, 0.4) is 0 Å². The minimum Gasteiger partial charge on any atom is -0.453 e. The van der Waals surface area contributed by atoms with Crippen molar-refractivity contribution in [3.63, 3.8) is 0 Å². The molecule has 1 aromatic rings. The van der Waals surface area contributed by atoms with Gasteiger partial charge in [-0.3, -0.25) is 0 Å². The number of alkyl halides is 2. The topological polar surface area (TPSA) is 35.5 Å². The minimum atomic E-state index is -1.48. The lowest BCUT2D eigenvalue weighted by Crippen LogP contribution is -2.60. The standard InChI is InChI=1S/C12H12Cl2O3/c1-8(10-12(13,14)11(15)17-10)16-7-9-5-3-2-4-6-9/h2-6,8,10H,7H2,1H3/t8-,10+/m0/s1. The van der Waals surface area contributed by atoms with Crippen LogP contribution >= 0.6 is 23.2 Å². The lowest BCUT2D eigenvalue weighted by Gasteiger charge is -2.40. The molecule has 1 heterocycles. The average Bonchev–Trinajstić information content (AvgIpc) is 2.34. The van der Waals surface area contributed by atoms with Crippen LogP contribution in [0.15, 0.2) is 30.3 Å². The first-order valence-corrected chi connectivity index (χ1v) is 6.02. The Bertz CT molecular complexity index is 405. The second-order valence-corrected chi connectivity index (χ2v) is 5.34. The molecule has 1 aromatic carbocycles. The summed E-state index contributed by atoms with van der Waals surface area (Å²) in [5.74, 6) is -0.610. The number of hydrogen-bond acceptors (Lipinski definition) is 3. The quantitative estimate of drug-likeness (QED) is 0.626. The highest BCUT2D eigenvalue weighted by Crippen LogP contribution is 2.40. The summed E-state index contributed by atoms with van der Waals surface area (Å²) in [6.45, 7) is 2.21. The van der Waals surface area contributed by atoms with E-state index in [-0.39, 0.29) is 6.10 Å². The highest BCUT2D eigenvalue weighted by atomic mass is 35.5. The maximum absolute atomic E-state index is 11.0. The highest BCUT2D eigenvalue weighted by molar-refractivity contribution is 6.59. The lowest BCUT2D eigenvalue weighted by molar-refractivity contribution is -0.187. The summed E-state index contributed by atoms with van der Waals surface area (Å²) in [7, 11) is 0. The Morgan fingerprint density at radius 3 is 2.59 bits per heavy atom. The summed E-state index contributed by atoms with van der Waals surface area (Å²) >= 11 is 11.6. The van der Waals surface area contributed by atoms with Gasteiger partial charge in [0.05, 0.1) is 12.7 Å².